The highest BCUT2D eigenvalue weighted by molar-refractivity contribution is 7.98. The molecule has 0 unspecified atom stereocenters. The van der Waals surface area contributed by atoms with Crippen LogP contribution >= 0.6 is 46.6 Å². The van der Waals surface area contributed by atoms with Gasteiger partial charge in [-0.3, -0.25) is 9.36 Å². The average Bonchev–Trinajstić information content (AvgIpc) is 2.57. The first-order valence-electron chi connectivity index (χ1n) is 7.77. The second-order valence-electron chi connectivity index (χ2n) is 5.50. The summed E-state index contributed by atoms with van der Waals surface area (Å²) in [4.78, 5) is 17.5. The van der Waals surface area contributed by atoms with Gasteiger partial charge in [0.2, 0.25) is 0 Å². The number of hydrogen-bond donors (Lipinski definition) is 0. The molecule has 3 aromatic rings. The van der Waals surface area contributed by atoms with Gasteiger partial charge in [-0.25, -0.2) is 4.98 Å². The summed E-state index contributed by atoms with van der Waals surface area (Å²) in [7, 11) is 0. The normalized spacial score (nSPS) is 11.2. The molecule has 0 saturated carbocycles. The smallest absolute Gasteiger partial charge is 0.262 e. The van der Waals surface area contributed by atoms with Gasteiger partial charge in [-0.1, -0.05) is 59.6 Å². The SMILES string of the molecule is CCCn1c(SCc2c(Cl)cccc2Cl)nc2cc(Cl)ccc2c1=O. The van der Waals surface area contributed by atoms with Gasteiger partial charge < -0.3 is 0 Å². The number of aromatic nitrogens is 2. The molecule has 3 nitrogen and oxygen atoms in total. The van der Waals surface area contributed by atoms with E-state index in [4.69, 9.17) is 34.8 Å². The summed E-state index contributed by atoms with van der Waals surface area (Å²) >= 11 is 20.0. The number of thioether (sulfide) groups is 1. The number of benzene rings is 2. The van der Waals surface area contributed by atoms with Crippen molar-refractivity contribution in [2.45, 2.75) is 30.8 Å². The largest absolute Gasteiger partial charge is 0.287 e. The van der Waals surface area contributed by atoms with E-state index < -0.39 is 0 Å². The van der Waals surface area contributed by atoms with E-state index in [0.717, 1.165) is 12.0 Å². The zero-order valence-electron chi connectivity index (χ0n) is 13.4. The third-order valence-corrected chi connectivity index (χ3v) is 5.68. The number of nitrogens with zero attached hydrogens (tertiary/aromatic N) is 2. The minimum Gasteiger partial charge on any atom is -0.287 e. The molecule has 0 atom stereocenters. The lowest BCUT2D eigenvalue weighted by Gasteiger charge is -2.13. The van der Waals surface area contributed by atoms with Gasteiger partial charge >= 0.3 is 0 Å². The molecule has 2 aromatic carbocycles. The van der Waals surface area contributed by atoms with E-state index in [9.17, 15) is 4.79 Å². The Bertz CT molecular complexity index is 968. The van der Waals surface area contributed by atoms with Crippen molar-refractivity contribution < 1.29 is 0 Å². The zero-order valence-corrected chi connectivity index (χ0v) is 16.5. The van der Waals surface area contributed by atoms with Crippen LogP contribution in [0.5, 0.6) is 0 Å². The van der Waals surface area contributed by atoms with Crippen molar-refractivity contribution in [2.75, 3.05) is 0 Å². The molecule has 0 aliphatic carbocycles. The summed E-state index contributed by atoms with van der Waals surface area (Å²) in [5.41, 5.74) is 1.37. The Kier molecular flexibility index (Phi) is 5.95. The molecule has 0 amide bonds. The van der Waals surface area contributed by atoms with E-state index in [2.05, 4.69) is 4.98 Å². The van der Waals surface area contributed by atoms with Crippen LogP contribution in [-0.4, -0.2) is 9.55 Å². The molecule has 0 fully saturated rings. The van der Waals surface area contributed by atoms with Gasteiger partial charge in [0.15, 0.2) is 5.16 Å². The number of halogens is 3. The van der Waals surface area contributed by atoms with Crippen LogP contribution in [0.15, 0.2) is 46.3 Å². The van der Waals surface area contributed by atoms with Gasteiger partial charge in [-0.2, -0.15) is 0 Å². The van der Waals surface area contributed by atoms with Crippen LogP contribution in [0.25, 0.3) is 10.9 Å². The lowest BCUT2D eigenvalue weighted by molar-refractivity contribution is 0.585. The van der Waals surface area contributed by atoms with E-state index >= 15 is 0 Å². The van der Waals surface area contributed by atoms with Crippen LogP contribution in [0.1, 0.15) is 18.9 Å². The number of hydrogen-bond acceptors (Lipinski definition) is 3. The fraction of sp³-hybridized carbons (Fsp3) is 0.222. The minimum atomic E-state index is -0.0590. The van der Waals surface area contributed by atoms with Gasteiger partial charge in [0.05, 0.1) is 10.9 Å². The van der Waals surface area contributed by atoms with Crippen LogP contribution in [-0.2, 0) is 12.3 Å². The van der Waals surface area contributed by atoms with Crippen molar-refractivity contribution in [3.8, 4) is 0 Å². The number of fused-ring (bicyclic) bond motifs is 1. The Morgan fingerprint density at radius 3 is 2.52 bits per heavy atom. The van der Waals surface area contributed by atoms with E-state index in [1.807, 2.05) is 13.0 Å². The summed E-state index contributed by atoms with van der Waals surface area (Å²) in [5.74, 6) is 0.529. The van der Waals surface area contributed by atoms with Gasteiger partial charge in [-0.05, 0) is 42.3 Å². The summed E-state index contributed by atoms with van der Waals surface area (Å²) < 4.78 is 1.70. The molecule has 0 aliphatic heterocycles. The molecule has 1 aromatic heterocycles. The zero-order chi connectivity index (χ0) is 18.0. The van der Waals surface area contributed by atoms with E-state index in [1.165, 1.54) is 11.8 Å². The maximum Gasteiger partial charge on any atom is 0.262 e. The number of rotatable bonds is 5. The lowest BCUT2D eigenvalue weighted by atomic mass is 10.2. The quantitative estimate of drug-likeness (QED) is 0.377. The van der Waals surface area contributed by atoms with Crippen molar-refractivity contribution in [3.63, 3.8) is 0 Å². The highest BCUT2D eigenvalue weighted by atomic mass is 35.5. The maximum atomic E-state index is 12.8. The molecule has 7 heteroatoms. The van der Waals surface area contributed by atoms with Crippen LogP contribution in [0.2, 0.25) is 15.1 Å². The average molecular weight is 414 g/mol. The molecule has 25 heavy (non-hydrogen) atoms. The molecule has 0 aliphatic rings. The topological polar surface area (TPSA) is 34.9 Å². The van der Waals surface area contributed by atoms with Gasteiger partial charge in [0, 0.05) is 27.4 Å². The molecule has 0 spiro atoms. The Balaban J connectivity index is 2.05. The molecule has 130 valence electrons. The highest BCUT2D eigenvalue weighted by Crippen LogP contribution is 2.31. The Labute approximate surface area is 164 Å². The van der Waals surface area contributed by atoms with Crippen molar-refractivity contribution in [1.29, 1.82) is 0 Å². The van der Waals surface area contributed by atoms with E-state index in [1.54, 1.807) is 34.9 Å². The van der Waals surface area contributed by atoms with Crippen molar-refractivity contribution in [3.05, 3.63) is 67.4 Å². The minimum absolute atomic E-state index is 0.0590. The third kappa shape index (κ3) is 3.98. The summed E-state index contributed by atoms with van der Waals surface area (Å²) in [6.45, 7) is 2.63. The summed E-state index contributed by atoms with van der Waals surface area (Å²) in [5, 5.41) is 2.97. The third-order valence-electron chi connectivity index (χ3n) is 3.74. The first-order chi connectivity index (χ1) is 12.0. The maximum absolute atomic E-state index is 12.8. The first kappa shape index (κ1) is 18.6. The molecular weight excluding hydrogens is 399 g/mol. The van der Waals surface area contributed by atoms with Crippen LogP contribution < -0.4 is 5.56 Å². The summed E-state index contributed by atoms with van der Waals surface area (Å²) in [6, 6.07) is 10.5. The first-order valence-corrected chi connectivity index (χ1v) is 9.89. The van der Waals surface area contributed by atoms with E-state index in [0.29, 0.717) is 43.4 Å². The molecule has 0 radical (unpaired) electrons. The van der Waals surface area contributed by atoms with Crippen molar-refractivity contribution in [2.24, 2.45) is 0 Å². The predicted octanol–water partition coefficient (Wildman–Crippen LogP) is 6.06. The van der Waals surface area contributed by atoms with Gasteiger partial charge in [-0.15, -0.1) is 0 Å². The molecule has 0 saturated heterocycles. The van der Waals surface area contributed by atoms with Crippen molar-refractivity contribution >= 4 is 57.5 Å². The molecule has 0 bridgehead atoms. The van der Waals surface area contributed by atoms with Crippen molar-refractivity contribution in [1.82, 2.24) is 9.55 Å². The van der Waals surface area contributed by atoms with Gasteiger partial charge in [0.25, 0.3) is 5.56 Å². The molecule has 3 rings (SSSR count). The lowest BCUT2D eigenvalue weighted by Crippen LogP contribution is -2.23. The Morgan fingerprint density at radius 2 is 1.84 bits per heavy atom. The Hall–Kier alpha value is -1.20. The summed E-state index contributed by atoms with van der Waals surface area (Å²) in [6.07, 6.45) is 0.834. The second kappa shape index (κ2) is 8.00. The second-order valence-corrected chi connectivity index (χ2v) is 7.69. The predicted molar refractivity (Wildman–Crippen MR) is 107 cm³/mol. The highest BCUT2D eigenvalue weighted by Gasteiger charge is 2.13. The Morgan fingerprint density at radius 1 is 1.12 bits per heavy atom. The van der Waals surface area contributed by atoms with E-state index in [-0.39, 0.29) is 5.56 Å². The monoisotopic (exact) mass is 412 g/mol. The molecule has 1 heterocycles. The molecular formula is C18H15Cl3N2OS. The fourth-order valence-corrected chi connectivity index (χ4v) is 4.45. The van der Waals surface area contributed by atoms with Crippen LogP contribution in [0, 0.1) is 0 Å². The molecule has 0 N–H and O–H groups in total. The van der Waals surface area contributed by atoms with Crippen LogP contribution in [0.3, 0.4) is 0 Å². The fourth-order valence-electron chi connectivity index (χ4n) is 2.51. The van der Waals surface area contributed by atoms with Gasteiger partial charge in [0.1, 0.15) is 0 Å². The van der Waals surface area contributed by atoms with Crippen LogP contribution in [0.4, 0.5) is 0 Å². The standard InChI is InChI=1S/C18H15Cl3N2OS/c1-2-8-23-17(24)12-7-6-11(19)9-16(12)22-18(23)25-10-13-14(20)4-3-5-15(13)21/h3-7,9H,2,8,10H2,1H3.